The van der Waals surface area contributed by atoms with E-state index in [4.69, 9.17) is 4.52 Å². The number of aromatic nitrogens is 4. The summed E-state index contributed by atoms with van der Waals surface area (Å²) < 4.78 is 86.2. The summed E-state index contributed by atoms with van der Waals surface area (Å²) in [4.78, 5) is 16.6. The highest BCUT2D eigenvalue weighted by Gasteiger charge is 2.39. The highest BCUT2D eigenvalue weighted by molar-refractivity contribution is 6.03. The van der Waals surface area contributed by atoms with Crippen molar-refractivity contribution in [1.29, 1.82) is 0 Å². The third kappa shape index (κ3) is 4.95. The van der Waals surface area contributed by atoms with Gasteiger partial charge in [0.15, 0.2) is 11.5 Å². The number of carbonyl (C=O) groups is 1. The third-order valence-corrected chi connectivity index (χ3v) is 5.48. The first kappa shape index (κ1) is 24.9. The van der Waals surface area contributed by atoms with Gasteiger partial charge in [0.2, 0.25) is 0 Å². The van der Waals surface area contributed by atoms with E-state index in [1.165, 1.54) is 37.0 Å². The van der Waals surface area contributed by atoms with Gasteiger partial charge in [-0.15, -0.1) is 0 Å². The van der Waals surface area contributed by atoms with Crippen LogP contribution in [0.25, 0.3) is 11.3 Å². The van der Waals surface area contributed by atoms with Crippen molar-refractivity contribution in [2.45, 2.75) is 32.2 Å². The molecule has 1 unspecified atom stereocenters. The van der Waals surface area contributed by atoms with Crippen molar-refractivity contribution >= 4 is 11.6 Å². The Bertz CT molecular complexity index is 1390. The summed E-state index contributed by atoms with van der Waals surface area (Å²) in [6.07, 6.45) is -5.64. The van der Waals surface area contributed by atoms with Crippen LogP contribution in [0.3, 0.4) is 0 Å². The fourth-order valence-corrected chi connectivity index (χ4v) is 3.62. The zero-order chi connectivity index (χ0) is 26.3. The van der Waals surface area contributed by atoms with E-state index in [0.29, 0.717) is 17.4 Å². The fourth-order valence-electron chi connectivity index (χ4n) is 3.62. The molecule has 36 heavy (non-hydrogen) atoms. The van der Waals surface area contributed by atoms with Crippen LogP contribution in [0, 0.1) is 6.92 Å². The van der Waals surface area contributed by atoms with Gasteiger partial charge in [0, 0.05) is 24.0 Å². The maximum absolute atomic E-state index is 13.6. The van der Waals surface area contributed by atoms with E-state index < -0.39 is 41.0 Å². The summed E-state index contributed by atoms with van der Waals surface area (Å²) in [6.45, 7) is 2.86. The van der Waals surface area contributed by atoms with Gasteiger partial charge in [0.25, 0.3) is 5.91 Å². The lowest BCUT2D eigenvalue weighted by molar-refractivity contribution is -0.143. The fraction of sp³-hybridized carbons (Fsp3) is 0.217. The Balaban J connectivity index is 1.59. The van der Waals surface area contributed by atoms with Crippen LogP contribution in [0.15, 0.2) is 59.5 Å². The third-order valence-electron chi connectivity index (χ3n) is 5.48. The smallest absolute Gasteiger partial charge is 0.355 e. The molecule has 0 bridgehead atoms. The van der Waals surface area contributed by atoms with Gasteiger partial charge in [-0.3, -0.25) is 14.5 Å². The second-order valence-corrected chi connectivity index (χ2v) is 7.83. The molecule has 7 nitrogen and oxygen atoms in total. The van der Waals surface area contributed by atoms with Gasteiger partial charge in [-0.25, -0.2) is 0 Å². The molecule has 1 aromatic carbocycles. The summed E-state index contributed by atoms with van der Waals surface area (Å²) in [7, 11) is 0. The van der Waals surface area contributed by atoms with Gasteiger partial charge in [-0.05, 0) is 43.7 Å². The molecule has 4 rings (SSSR count). The minimum atomic E-state index is -5.03. The molecule has 0 saturated carbocycles. The van der Waals surface area contributed by atoms with Gasteiger partial charge in [-0.1, -0.05) is 11.2 Å². The zero-order valence-corrected chi connectivity index (χ0v) is 18.6. The number of amides is 1. The largest absolute Gasteiger partial charge is 0.416 e. The second-order valence-electron chi connectivity index (χ2n) is 7.83. The molecule has 3 aromatic heterocycles. The van der Waals surface area contributed by atoms with Crippen LogP contribution < -0.4 is 5.32 Å². The molecule has 1 atom stereocenters. The quantitative estimate of drug-likeness (QED) is 0.327. The summed E-state index contributed by atoms with van der Waals surface area (Å²) in [6, 6.07) is 5.14. The summed E-state index contributed by atoms with van der Waals surface area (Å²) >= 11 is 0. The highest BCUT2D eigenvalue weighted by Crippen LogP contribution is 2.40. The Morgan fingerprint density at radius 3 is 2.44 bits per heavy atom. The summed E-state index contributed by atoms with van der Waals surface area (Å²) in [5.41, 5.74) is -2.24. The number of carbonyl (C=O) groups excluding carboxylic acids is 1. The average Bonchev–Trinajstić information content (AvgIpc) is 3.45. The number of pyridine rings is 1. The Kier molecular flexibility index (Phi) is 6.33. The molecule has 0 aliphatic heterocycles. The van der Waals surface area contributed by atoms with Crippen LogP contribution in [0.5, 0.6) is 0 Å². The lowest BCUT2D eigenvalue weighted by atomic mass is 9.98. The monoisotopic (exact) mass is 509 g/mol. The first-order valence-electron chi connectivity index (χ1n) is 10.4. The molecular formula is C23H17F6N5O2. The SMILES string of the molecule is Cc1c(NC(=O)c2cc(-c3cccnc3)on2)cnn1C(C)c1ccc(C(F)(F)F)cc1C(F)(F)F. The highest BCUT2D eigenvalue weighted by atomic mass is 19.4. The predicted octanol–water partition coefficient (Wildman–Crippen LogP) is 6.14. The first-order chi connectivity index (χ1) is 16.9. The molecular weight excluding hydrogens is 492 g/mol. The lowest BCUT2D eigenvalue weighted by Crippen LogP contribution is -2.19. The molecule has 13 heteroatoms. The maximum Gasteiger partial charge on any atom is 0.416 e. The van der Waals surface area contributed by atoms with E-state index in [1.807, 2.05) is 0 Å². The molecule has 0 aliphatic carbocycles. The van der Waals surface area contributed by atoms with Gasteiger partial charge in [0.1, 0.15) is 0 Å². The standard InChI is InChI=1S/C23H17F6N5O2/c1-12(16-6-5-15(22(24,25)26)8-17(16)23(27,28)29)34-13(2)19(11-31-34)32-21(35)18-9-20(36-33-18)14-4-3-7-30-10-14/h3-12H,1-2H3,(H,32,35). The van der Waals surface area contributed by atoms with E-state index in [0.717, 1.165) is 6.07 Å². The molecule has 0 radical (unpaired) electrons. The summed E-state index contributed by atoms with van der Waals surface area (Å²) in [5.74, 6) is -0.356. The summed E-state index contributed by atoms with van der Waals surface area (Å²) in [5, 5.41) is 10.3. The molecule has 0 fully saturated rings. The van der Waals surface area contributed by atoms with Crippen molar-refractivity contribution in [3.05, 3.63) is 83.1 Å². The second kappa shape index (κ2) is 9.13. The molecule has 1 amide bonds. The normalized spacial score (nSPS) is 13.0. The number of hydrogen-bond acceptors (Lipinski definition) is 5. The van der Waals surface area contributed by atoms with Crippen molar-refractivity contribution in [1.82, 2.24) is 19.9 Å². The number of hydrogen-bond donors (Lipinski definition) is 1. The Morgan fingerprint density at radius 2 is 1.81 bits per heavy atom. The van der Waals surface area contributed by atoms with Gasteiger partial charge >= 0.3 is 12.4 Å². The first-order valence-corrected chi connectivity index (χ1v) is 10.4. The van der Waals surface area contributed by atoms with E-state index in [-0.39, 0.29) is 23.1 Å². The zero-order valence-electron chi connectivity index (χ0n) is 18.6. The van der Waals surface area contributed by atoms with E-state index in [9.17, 15) is 31.1 Å². The van der Waals surface area contributed by atoms with Crippen molar-refractivity contribution < 1.29 is 35.7 Å². The molecule has 4 aromatic rings. The van der Waals surface area contributed by atoms with E-state index >= 15 is 0 Å². The Hall–Kier alpha value is -4.16. The minimum Gasteiger partial charge on any atom is -0.355 e. The van der Waals surface area contributed by atoms with Crippen LogP contribution in [0.4, 0.5) is 32.0 Å². The number of alkyl halides is 6. The van der Waals surface area contributed by atoms with E-state index in [1.54, 1.807) is 18.3 Å². The predicted molar refractivity (Wildman–Crippen MR) is 115 cm³/mol. The molecule has 1 N–H and O–H groups in total. The lowest BCUT2D eigenvalue weighted by Gasteiger charge is -2.21. The number of nitrogens with zero attached hydrogens (tertiary/aromatic N) is 4. The number of nitrogens with one attached hydrogen (secondary N) is 1. The van der Waals surface area contributed by atoms with Crippen molar-refractivity contribution in [2.24, 2.45) is 0 Å². The van der Waals surface area contributed by atoms with Gasteiger partial charge in [0.05, 0.1) is 34.7 Å². The van der Waals surface area contributed by atoms with Gasteiger partial charge in [-0.2, -0.15) is 31.4 Å². The molecule has 188 valence electrons. The Morgan fingerprint density at radius 1 is 1.06 bits per heavy atom. The van der Waals surface area contributed by atoms with Crippen LogP contribution in [0.2, 0.25) is 0 Å². The average molecular weight is 509 g/mol. The number of rotatable bonds is 5. The molecule has 3 heterocycles. The van der Waals surface area contributed by atoms with Crippen molar-refractivity contribution in [3.63, 3.8) is 0 Å². The van der Waals surface area contributed by atoms with Crippen LogP contribution in [0.1, 0.15) is 45.8 Å². The number of halogens is 6. The minimum absolute atomic E-state index is 0.0591. The molecule has 0 aliphatic rings. The van der Waals surface area contributed by atoms with Crippen LogP contribution in [-0.4, -0.2) is 25.8 Å². The van der Waals surface area contributed by atoms with Crippen LogP contribution in [-0.2, 0) is 12.4 Å². The van der Waals surface area contributed by atoms with E-state index in [2.05, 4.69) is 20.6 Å². The number of anilines is 1. The van der Waals surface area contributed by atoms with Crippen molar-refractivity contribution in [2.75, 3.05) is 5.32 Å². The maximum atomic E-state index is 13.6. The number of benzene rings is 1. The van der Waals surface area contributed by atoms with Crippen LogP contribution >= 0.6 is 0 Å². The Labute approximate surface area is 199 Å². The molecule has 0 spiro atoms. The van der Waals surface area contributed by atoms with Crippen molar-refractivity contribution in [3.8, 4) is 11.3 Å². The topological polar surface area (TPSA) is 85.8 Å². The van der Waals surface area contributed by atoms with Gasteiger partial charge < -0.3 is 9.84 Å². The molecule has 0 saturated heterocycles.